The normalized spacial score (nSPS) is 11.3. The molecule has 0 bridgehead atoms. The van der Waals surface area contributed by atoms with Gasteiger partial charge in [-0.3, -0.25) is 4.90 Å². The first kappa shape index (κ1) is 26.6. The first-order valence-corrected chi connectivity index (χ1v) is 12.3. The summed E-state index contributed by atoms with van der Waals surface area (Å²) in [6.07, 6.45) is 7.67. The highest BCUT2D eigenvalue weighted by Crippen LogP contribution is 2.27. The first-order chi connectivity index (χ1) is 17.5. The molecule has 0 saturated heterocycles. The molecule has 0 aromatic heterocycles. The van der Waals surface area contributed by atoms with Crippen LogP contribution < -0.4 is 19.6 Å². The zero-order valence-electron chi connectivity index (χ0n) is 21.7. The van der Waals surface area contributed by atoms with Gasteiger partial charge in [-0.2, -0.15) is 0 Å². The molecule has 3 rings (SSSR count). The summed E-state index contributed by atoms with van der Waals surface area (Å²) in [5.74, 6) is 0. The van der Waals surface area contributed by atoms with Crippen molar-refractivity contribution in [2.75, 3.05) is 55.0 Å². The van der Waals surface area contributed by atoms with Gasteiger partial charge in [0.15, 0.2) is 0 Å². The van der Waals surface area contributed by atoms with Crippen molar-refractivity contribution in [3.63, 3.8) is 0 Å². The first-order valence-electron chi connectivity index (χ1n) is 12.3. The second-order valence-electron chi connectivity index (χ2n) is 8.76. The second-order valence-corrected chi connectivity index (χ2v) is 8.76. The third-order valence-corrected chi connectivity index (χ3v) is 6.35. The van der Waals surface area contributed by atoms with Crippen LogP contribution in [0.1, 0.15) is 0 Å². The molecule has 0 aliphatic rings. The molecule has 1 unspecified atom stereocenters. The Labute approximate surface area is 217 Å². The van der Waals surface area contributed by atoms with E-state index in [1.807, 2.05) is 24.3 Å². The molecular weight excluding hydrogens is 440 g/mol. The average molecular weight is 480 g/mol. The van der Waals surface area contributed by atoms with E-state index in [0.717, 1.165) is 43.2 Å². The predicted molar refractivity (Wildman–Crippen MR) is 159 cm³/mol. The zero-order valence-corrected chi connectivity index (χ0v) is 21.7. The Bertz CT molecular complexity index is 1020. The van der Waals surface area contributed by atoms with Crippen LogP contribution in [-0.4, -0.2) is 40.3 Å². The van der Waals surface area contributed by atoms with Gasteiger partial charge in [-0.1, -0.05) is 24.3 Å². The number of nitrogens with one attached hydrogen (secondary N) is 1. The Balaban J connectivity index is 1.70. The summed E-state index contributed by atoms with van der Waals surface area (Å²) < 4.78 is 0. The molecule has 0 aliphatic carbocycles. The van der Waals surface area contributed by atoms with Crippen LogP contribution in [0.3, 0.4) is 0 Å². The minimum atomic E-state index is 0.795. The minimum absolute atomic E-state index is 0.795. The van der Waals surface area contributed by atoms with Gasteiger partial charge in [0.2, 0.25) is 0 Å². The summed E-state index contributed by atoms with van der Waals surface area (Å²) in [6.45, 7) is 18.6. The third-order valence-electron chi connectivity index (χ3n) is 6.35. The Morgan fingerprint density at radius 3 is 1.14 bits per heavy atom. The van der Waals surface area contributed by atoms with Gasteiger partial charge in [0, 0.05) is 80.2 Å². The van der Waals surface area contributed by atoms with Crippen molar-refractivity contribution in [1.29, 1.82) is 0 Å². The molecule has 0 heterocycles. The quantitative estimate of drug-likeness (QED) is 0.273. The minimum Gasteiger partial charge on any atom is -0.364 e. The van der Waals surface area contributed by atoms with E-state index in [1.165, 1.54) is 22.0 Å². The van der Waals surface area contributed by atoms with Crippen molar-refractivity contribution in [3.05, 3.63) is 123 Å². The highest BCUT2D eigenvalue weighted by molar-refractivity contribution is 5.66. The maximum atomic E-state index is 3.86. The highest BCUT2D eigenvalue weighted by Gasteiger charge is 2.13. The van der Waals surface area contributed by atoms with Crippen molar-refractivity contribution in [2.45, 2.75) is 0 Å². The molecule has 0 radical (unpaired) electrons. The van der Waals surface area contributed by atoms with Gasteiger partial charge in [-0.05, 0) is 48.5 Å². The lowest BCUT2D eigenvalue weighted by molar-refractivity contribution is -0.735. The van der Waals surface area contributed by atoms with Gasteiger partial charge in [-0.15, -0.1) is 26.3 Å². The molecule has 0 saturated carbocycles. The summed E-state index contributed by atoms with van der Waals surface area (Å²) in [6, 6.07) is 26.1. The van der Waals surface area contributed by atoms with Crippen LogP contribution in [0.25, 0.3) is 0 Å². The van der Waals surface area contributed by atoms with Crippen molar-refractivity contribution in [3.8, 4) is 0 Å². The lowest BCUT2D eigenvalue weighted by atomic mass is 10.2. The molecule has 0 fully saturated rings. The Hall–Kier alpha value is -4.02. The zero-order chi connectivity index (χ0) is 25.9. The van der Waals surface area contributed by atoms with E-state index in [9.17, 15) is 0 Å². The van der Waals surface area contributed by atoms with Crippen molar-refractivity contribution in [2.24, 2.45) is 0 Å². The Morgan fingerprint density at radius 2 is 0.806 bits per heavy atom. The largest absolute Gasteiger partial charge is 0.364 e. The second kappa shape index (κ2) is 13.2. The fourth-order valence-corrected chi connectivity index (χ4v) is 4.25. The molecule has 0 spiro atoms. The van der Waals surface area contributed by atoms with E-state index in [0.29, 0.717) is 0 Å². The summed E-state index contributed by atoms with van der Waals surface area (Å²) in [5, 5.41) is 0. The molecule has 3 aromatic carbocycles. The topological polar surface area (TPSA) is 14.2 Å². The van der Waals surface area contributed by atoms with E-state index < -0.39 is 0 Å². The summed E-state index contributed by atoms with van der Waals surface area (Å²) >= 11 is 0. The maximum absolute atomic E-state index is 3.86. The van der Waals surface area contributed by atoms with Crippen LogP contribution in [0.15, 0.2) is 123 Å². The predicted octanol–water partition coefficient (Wildman–Crippen LogP) is 6.29. The van der Waals surface area contributed by atoms with Crippen LogP contribution in [0.4, 0.5) is 34.1 Å². The fourth-order valence-electron chi connectivity index (χ4n) is 4.25. The summed E-state index contributed by atoms with van der Waals surface area (Å²) in [4.78, 5) is 7.94. The van der Waals surface area contributed by atoms with Crippen LogP contribution in [0, 0.1) is 0 Å². The molecule has 4 nitrogen and oxygen atoms in total. The smallest absolute Gasteiger partial charge is 0.136 e. The van der Waals surface area contributed by atoms with Crippen LogP contribution >= 0.6 is 0 Å². The molecule has 0 amide bonds. The number of hydrogen-bond donors (Lipinski definition) is 1. The van der Waals surface area contributed by atoms with Gasteiger partial charge in [0.1, 0.15) is 11.4 Å². The molecule has 186 valence electrons. The number of nitrogens with zero attached hydrogens (tertiary/aromatic N) is 3. The lowest BCUT2D eigenvalue weighted by Crippen LogP contribution is -2.98. The number of hydrogen-bond acceptors (Lipinski definition) is 3. The summed E-state index contributed by atoms with van der Waals surface area (Å²) in [5.41, 5.74) is 7.06. The van der Waals surface area contributed by atoms with Crippen LogP contribution in [0.2, 0.25) is 0 Å². The molecule has 4 heteroatoms. The SMILES string of the molecule is C=CCN(CC=C)c1ccc(N(C)c2ccc([NH+](C)c3ccc(N(CC=C)CC=C)cc3)cc2)cc1. The van der Waals surface area contributed by atoms with E-state index in [-0.39, 0.29) is 0 Å². The van der Waals surface area contributed by atoms with Gasteiger partial charge in [0.05, 0.1) is 7.05 Å². The van der Waals surface area contributed by atoms with Crippen molar-refractivity contribution >= 4 is 34.1 Å². The summed E-state index contributed by atoms with van der Waals surface area (Å²) in [7, 11) is 4.28. The van der Waals surface area contributed by atoms with Crippen molar-refractivity contribution < 1.29 is 4.90 Å². The molecule has 36 heavy (non-hydrogen) atoms. The van der Waals surface area contributed by atoms with Crippen LogP contribution in [0.5, 0.6) is 0 Å². The fraction of sp³-hybridized carbons (Fsp3) is 0.188. The molecule has 0 aliphatic heterocycles. The van der Waals surface area contributed by atoms with Gasteiger partial charge in [0.25, 0.3) is 0 Å². The highest BCUT2D eigenvalue weighted by atomic mass is 15.1. The Morgan fingerprint density at radius 1 is 0.528 bits per heavy atom. The molecular formula is C32H39N4+. The maximum Gasteiger partial charge on any atom is 0.136 e. The molecule has 1 N–H and O–H groups in total. The van der Waals surface area contributed by atoms with E-state index in [4.69, 9.17) is 0 Å². The molecule has 3 aromatic rings. The monoisotopic (exact) mass is 479 g/mol. The average Bonchev–Trinajstić information content (AvgIpc) is 2.92. The number of quaternary nitrogens is 1. The molecule has 1 atom stereocenters. The lowest BCUT2D eigenvalue weighted by Gasteiger charge is -2.24. The Kier molecular flexibility index (Phi) is 9.73. The third kappa shape index (κ3) is 6.55. The van der Waals surface area contributed by atoms with E-state index >= 15 is 0 Å². The van der Waals surface area contributed by atoms with E-state index in [2.05, 4.69) is 128 Å². The van der Waals surface area contributed by atoms with Gasteiger partial charge in [-0.25, -0.2) is 0 Å². The standard InChI is InChI=1S/C32H38N4/c1-7-23-35(24-8-2)31-19-15-29(16-20-31)33(5)27-11-13-28(14-12-27)34(6)30-17-21-32(22-18-30)36(25-9-3)26-10-4/h7-22H,1-4,23-26H2,5-6H3/p+1. The van der Waals surface area contributed by atoms with Gasteiger partial charge < -0.3 is 14.7 Å². The van der Waals surface area contributed by atoms with Crippen molar-refractivity contribution in [1.82, 2.24) is 0 Å². The number of benzene rings is 3. The number of rotatable bonds is 14. The number of anilines is 4. The van der Waals surface area contributed by atoms with Crippen LogP contribution in [-0.2, 0) is 0 Å². The van der Waals surface area contributed by atoms with E-state index in [1.54, 1.807) is 0 Å². The van der Waals surface area contributed by atoms with Gasteiger partial charge >= 0.3 is 0 Å².